The maximum absolute atomic E-state index is 11.8. The summed E-state index contributed by atoms with van der Waals surface area (Å²) < 4.78 is 11.3. The highest BCUT2D eigenvalue weighted by Crippen LogP contribution is 2.30. The number of amides is 3. The van der Waals surface area contributed by atoms with Crippen molar-refractivity contribution in [3.8, 4) is 11.5 Å². The molecule has 1 heterocycles. The van der Waals surface area contributed by atoms with Crippen LogP contribution >= 0.6 is 0 Å². The Kier molecular flexibility index (Phi) is 4.81. The molecule has 0 radical (unpaired) electrons. The molecule has 0 aromatic heterocycles. The molecule has 24 heavy (non-hydrogen) atoms. The minimum absolute atomic E-state index is 0.251. The van der Waals surface area contributed by atoms with E-state index in [1.165, 1.54) is 0 Å². The van der Waals surface area contributed by atoms with Gasteiger partial charge in [-0.1, -0.05) is 30.3 Å². The second kappa shape index (κ2) is 7.36. The van der Waals surface area contributed by atoms with Gasteiger partial charge in [0.1, 0.15) is 6.61 Å². The van der Waals surface area contributed by atoms with E-state index in [-0.39, 0.29) is 12.6 Å². The minimum Gasteiger partial charge on any atom is -0.486 e. The first kappa shape index (κ1) is 15.7. The molecule has 3 rings (SSSR count). The molecule has 0 fully saturated rings. The van der Waals surface area contributed by atoms with Crippen LogP contribution in [0.2, 0.25) is 0 Å². The number of para-hydroxylation sites is 2. The molecule has 3 N–H and O–H groups in total. The van der Waals surface area contributed by atoms with Crippen LogP contribution in [0.4, 0.5) is 4.79 Å². The zero-order chi connectivity index (χ0) is 16.8. The third-order valence-corrected chi connectivity index (χ3v) is 3.38. The first-order chi connectivity index (χ1) is 11.7. The Morgan fingerprint density at radius 2 is 1.67 bits per heavy atom. The predicted molar refractivity (Wildman–Crippen MR) is 86.8 cm³/mol. The van der Waals surface area contributed by atoms with Crippen LogP contribution < -0.4 is 25.6 Å². The molecule has 2 aromatic rings. The fraction of sp³-hybridized carbons (Fsp3) is 0.176. The van der Waals surface area contributed by atoms with E-state index in [2.05, 4.69) is 16.2 Å². The Hall–Kier alpha value is -3.22. The largest absolute Gasteiger partial charge is 0.486 e. The lowest BCUT2D eigenvalue weighted by Crippen LogP contribution is -2.50. The van der Waals surface area contributed by atoms with Crippen LogP contribution in [-0.2, 0) is 0 Å². The monoisotopic (exact) mass is 327 g/mol. The highest BCUT2D eigenvalue weighted by atomic mass is 16.6. The number of urea groups is 1. The van der Waals surface area contributed by atoms with Crippen LogP contribution in [-0.4, -0.2) is 31.2 Å². The Morgan fingerprint density at radius 1 is 0.958 bits per heavy atom. The summed E-state index contributed by atoms with van der Waals surface area (Å²) >= 11 is 0. The Balaban J connectivity index is 1.41. The Labute approximate surface area is 138 Å². The van der Waals surface area contributed by atoms with Crippen LogP contribution in [0.1, 0.15) is 10.4 Å². The average Bonchev–Trinajstić information content (AvgIpc) is 2.65. The van der Waals surface area contributed by atoms with Crippen molar-refractivity contribution in [2.24, 2.45) is 0 Å². The summed E-state index contributed by atoms with van der Waals surface area (Å²) in [5.74, 6) is 0.943. The average molecular weight is 327 g/mol. The number of hydrogen-bond acceptors (Lipinski definition) is 4. The van der Waals surface area contributed by atoms with Gasteiger partial charge in [-0.3, -0.25) is 10.2 Å². The van der Waals surface area contributed by atoms with Crippen molar-refractivity contribution in [2.45, 2.75) is 6.10 Å². The molecule has 1 unspecified atom stereocenters. The highest BCUT2D eigenvalue weighted by Gasteiger charge is 2.21. The molecular weight excluding hydrogens is 310 g/mol. The molecule has 1 aliphatic rings. The summed E-state index contributed by atoms with van der Waals surface area (Å²) in [6.45, 7) is 0.592. The molecule has 0 saturated carbocycles. The quantitative estimate of drug-likeness (QED) is 0.745. The van der Waals surface area contributed by atoms with Gasteiger partial charge in [-0.25, -0.2) is 10.2 Å². The topological polar surface area (TPSA) is 88.7 Å². The van der Waals surface area contributed by atoms with Gasteiger partial charge in [0.05, 0.1) is 6.54 Å². The number of fused-ring (bicyclic) bond motifs is 1. The standard InChI is InChI=1S/C17H17N3O4/c21-16(12-6-2-1-3-7-12)19-20-17(22)18-10-13-11-23-14-8-4-5-9-15(14)24-13/h1-9,13H,10-11H2,(H,19,21)(H2,18,20,22). The van der Waals surface area contributed by atoms with Crippen molar-refractivity contribution in [3.63, 3.8) is 0 Å². The summed E-state index contributed by atoms with van der Waals surface area (Å²) in [6, 6.07) is 15.4. The number of carbonyl (C=O) groups excluding carboxylic acids is 2. The summed E-state index contributed by atoms with van der Waals surface area (Å²) in [5, 5.41) is 2.62. The number of hydrazine groups is 1. The molecule has 2 aromatic carbocycles. The van der Waals surface area contributed by atoms with E-state index in [0.29, 0.717) is 23.7 Å². The van der Waals surface area contributed by atoms with Crippen molar-refractivity contribution in [1.29, 1.82) is 0 Å². The summed E-state index contributed by atoms with van der Waals surface area (Å²) in [7, 11) is 0. The van der Waals surface area contributed by atoms with Crippen molar-refractivity contribution in [1.82, 2.24) is 16.2 Å². The SMILES string of the molecule is O=C(NCC1COc2ccccc2O1)NNC(=O)c1ccccc1. The van der Waals surface area contributed by atoms with Crippen LogP contribution in [0.3, 0.4) is 0 Å². The van der Waals surface area contributed by atoms with Crippen LogP contribution in [0, 0.1) is 0 Å². The van der Waals surface area contributed by atoms with E-state index < -0.39 is 11.9 Å². The number of hydrogen-bond donors (Lipinski definition) is 3. The van der Waals surface area contributed by atoms with Gasteiger partial charge < -0.3 is 14.8 Å². The van der Waals surface area contributed by atoms with Gasteiger partial charge in [0, 0.05) is 5.56 Å². The number of rotatable bonds is 3. The fourth-order valence-corrected chi connectivity index (χ4v) is 2.19. The molecule has 0 saturated heterocycles. The maximum atomic E-state index is 11.8. The van der Waals surface area contributed by atoms with Gasteiger partial charge in [0.2, 0.25) is 0 Å². The van der Waals surface area contributed by atoms with Crippen molar-refractivity contribution < 1.29 is 19.1 Å². The number of carbonyl (C=O) groups is 2. The van der Waals surface area contributed by atoms with E-state index >= 15 is 0 Å². The van der Waals surface area contributed by atoms with Crippen LogP contribution in [0.25, 0.3) is 0 Å². The molecule has 0 spiro atoms. The van der Waals surface area contributed by atoms with Gasteiger partial charge in [0.25, 0.3) is 5.91 Å². The maximum Gasteiger partial charge on any atom is 0.333 e. The van der Waals surface area contributed by atoms with Gasteiger partial charge in [0.15, 0.2) is 17.6 Å². The number of ether oxygens (including phenoxy) is 2. The summed E-state index contributed by atoms with van der Waals surface area (Å²) in [4.78, 5) is 23.5. The van der Waals surface area contributed by atoms with Crippen LogP contribution in [0.15, 0.2) is 54.6 Å². The van der Waals surface area contributed by atoms with E-state index in [0.717, 1.165) is 0 Å². The molecule has 1 aliphatic heterocycles. The van der Waals surface area contributed by atoms with Gasteiger partial charge >= 0.3 is 6.03 Å². The lowest BCUT2D eigenvalue weighted by Gasteiger charge is -2.26. The first-order valence-corrected chi connectivity index (χ1v) is 7.50. The zero-order valence-corrected chi connectivity index (χ0v) is 12.8. The lowest BCUT2D eigenvalue weighted by atomic mass is 10.2. The van der Waals surface area contributed by atoms with E-state index in [1.54, 1.807) is 30.3 Å². The Morgan fingerprint density at radius 3 is 2.46 bits per heavy atom. The van der Waals surface area contributed by atoms with Crippen molar-refractivity contribution in [3.05, 3.63) is 60.2 Å². The highest BCUT2D eigenvalue weighted by molar-refractivity contribution is 5.95. The zero-order valence-electron chi connectivity index (χ0n) is 12.8. The van der Waals surface area contributed by atoms with Gasteiger partial charge in [-0.2, -0.15) is 0 Å². The molecule has 1 atom stereocenters. The van der Waals surface area contributed by atoms with Crippen molar-refractivity contribution >= 4 is 11.9 Å². The van der Waals surface area contributed by atoms with E-state index in [1.807, 2.05) is 24.3 Å². The second-order valence-electron chi connectivity index (χ2n) is 5.15. The van der Waals surface area contributed by atoms with E-state index in [4.69, 9.17) is 9.47 Å². The second-order valence-corrected chi connectivity index (χ2v) is 5.15. The third kappa shape index (κ3) is 3.95. The minimum atomic E-state index is -0.526. The third-order valence-electron chi connectivity index (χ3n) is 3.38. The smallest absolute Gasteiger partial charge is 0.333 e. The summed E-state index contributed by atoms with van der Waals surface area (Å²) in [5.41, 5.74) is 5.08. The lowest BCUT2D eigenvalue weighted by molar-refractivity contribution is 0.0901. The molecular formula is C17H17N3O4. The number of nitrogens with one attached hydrogen (secondary N) is 3. The molecule has 0 bridgehead atoms. The van der Waals surface area contributed by atoms with Gasteiger partial charge in [-0.15, -0.1) is 0 Å². The number of benzene rings is 2. The van der Waals surface area contributed by atoms with Crippen molar-refractivity contribution in [2.75, 3.05) is 13.2 Å². The molecule has 0 aliphatic carbocycles. The fourth-order valence-electron chi connectivity index (χ4n) is 2.19. The molecule has 124 valence electrons. The Bertz CT molecular complexity index is 721. The van der Waals surface area contributed by atoms with Crippen LogP contribution in [0.5, 0.6) is 11.5 Å². The molecule has 3 amide bonds. The normalized spacial score (nSPS) is 15.2. The molecule has 7 nitrogen and oxygen atoms in total. The predicted octanol–water partition coefficient (Wildman–Crippen LogP) is 1.47. The van der Waals surface area contributed by atoms with Gasteiger partial charge in [-0.05, 0) is 24.3 Å². The van der Waals surface area contributed by atoms with E-state index in [9.17, 15) is 9.59 Å². The summed E-state index contributed by atoms with van der Waals surface area (Å²) in [6.07, 6.45) is -0.296. The first-order valence-electron chi connectivity index (χ1n) is 7.50. The molecule has 7 heteroatoms.